The van der Waals surface area contributed by atoms with Gasteiger partial charge in [-0.05, 0) is 42.0 Å². The molecule has 3 rings (SSSR count). The van der Waals surface area contributed by atoms with E-state index in [-0.39, 0.29) is 5.91 Å². The maximum Gasteiger partial charge on any atom is 0.257 e. The maximum absolute atomic E-state index is 12.9. The Hall–Kier alpha value is -1.67. The Morgan fingerprint density at radius 1 is 1.16 bits per heavy atom. The lowest BCUT2D eigenvalue weighted by atomic mass is 10.2. The number of halogens is 3. The molecule has 25 heavy (non-hydrogen) atoms. The molecule has 0 radical (unpaired) electrons. The van der Waals surface area contributed by atoms with Crippen LogP contribution in [-0.2, 0) is 5.75 Å². The van der Waals surface area contributed by atoms with Gasteiger partial charge in [-0.1, -0.05) is 52.4 Å². The maximum atomic E-state index is 12.9. The molecule has 0 saturated heterocycles. The van der Waals surface area contributed by atoms with Crippen LogP contribution < -0.4 is 5.32 Å². The third-order valence-corrected chi connectivity index (χ3v) is 5.71. The zero-order valence-corrected chi connectivity index (χ0v) is 15.6. The van der Waals surface area contributed by atoms with Gasteiger partial charge in [0.1, 0.15) is 5.82 Å². The molecule has 3 aromatic rings. The molecule has 0 fully saturated rings. The molecule has 9 heteroatoms. The van der Waals surface area contributed by atoms with Crippen molar-refractivity contribution in [3.8, 4) is 0 Å². The van der Waals surface area contributed by atoms with Crippen molar-refractivity contribution < 1.29 is 9.18 Å². The zero-order valence-electron chi connectivity index (χ0n) is 12.5. The van der Waals surface area contributed by atoms with Crippen molar-refractivity contribution in [2.45, 2.75) is 10.1 Å². The number of thioether (sulfide) groups is 1. The van der Waals surface area contributed by atoms with E-state index in [1.165, 1.54) is 47.4 Å². The molecule has 0 saturated carbocycles. The number of aromatic nitrogens is 2. The van der Waals surface area contributed by atoms with Gasteiger partial charge in [0.15, 0.2) is 4.34 Å². The first kappa shape index (κ1) is 18.1. The topological polar surface area (TPSA) is 54.9 Å². The number of benzene rings is 2. The highest BCUT2D eigenvalue weighted by molar-refractivity contribution is 8.00. The van der Waals surface area contributed by atoms with Crippen LogP contribution in [0.3, 0.4) is 0 Å². The fourth-order valence-corrected chi connectivity index (χ4v) is 4.17. The second-order valence-corrected chi connectivity index (χ2v) is 7.90. The van der Waals surface area contributed by atoms with Crippen LogP contribution in [-0.4, -0.2) is 16.1 Å². The normalized spacial score (nSPS) is 10.7. The number of rotatable bonds is 5. The average molecular weight is 414 g/mol. The minimum absolute atomic E-state index is 0.346. The number of anilines is 1. The molecule has 0 aliphatic rings. The molecule has 1 amide bonds. The van der Waals surface area contributed by atoms with E-state index in [4.69, 9.17) is 23.2 Å². The lowest BCUT2D eigenvalue weighted by Gasteiger charge is -2.02. The van der Waals surface area contributed by atoms with E-state index in [0.717, 1.165) is 5.56 Å². The van der Waals surface area contributed by atoms with Gasteiger partial charge < -0.3 is 0 Å². The predicted octanol–water partition coefficient (Wildman–Crippen LogP) is 5.53. The van der Waals surface area contributed by atoms with Crippen molar-refractivity contribution in [1.82, 2.24) is 10.2 Å². The molecule has 0 aliphatic carbocycles. The molecule has 128 valence electrons. The van der Waals surface area contributed by atoms with Crippen molar-refractivity contribution in [3.63, 3.8) is 0 Å². The van der Waals surface area contributed by atoms with Crippen LogP contribution in [0, 0.1) is 5.82 Å². The lowest BCUT2D eigenvalue weighted by molar-refractivity contribution is 0.102. The summed E-state index contributed by atoms with van der Waals surface area (Å²) in [4.78, 5) is 12.1. The van der Waals surface area contributed by atoms with Crippen LogP contribution >= 0.6 is 46.3 Å². The van der Waals surface area contributed by atoms with Gasteiger partial charge in [-0.25, -0.2) is 4.39 Å². The van der Waals surface area contributed by atoms with Crippen LogP contribution in [0.1, 0.15) is 15.9 Å². The van der Waals surface area contributed by atoms with E-state index in [1.807, 2.05) is 6.07 Å². The van der Waals surface area contributed by atoms with Gasteiger partial charge in [0.2, 0.25) is 5.13 Å². The molecular weight excluding hydrogens is 404 g/mol. The number of carbonyl (C=O) groups excluding carboxylic acids is 1. The first-order valence-electron chi connectivity index (χ1n) is 6.98. The Morgan fingerprint density at radius 2 is 1.92 bits per heavy atom. The molecule has 0 unspecified atom stereocenters. The highest BCUT2D eigenvalue weighted by Crippen LogP contribution is 2.31. The Morgan fingerprint density at radius 3 is 2.64 bits per heavy atom. The van der Waals surface area contributed by atoms with Gasteiger partial charge in [-0.15, -0.1) is 10.2 Å². The molecule has 0 aliphatic heterocycles. The third-order valence-electron chi connectivity index (χ3n) is 3.10. The van der Waals surface area contributed by atoms with Crippen molar-refractivity contribution in [2.75, 3.05) is 5.32 Å². The molecule has 0 bridgehead atoms. The monoisotopic (exact) mass is 413 g/mol. The van der Waals surface area contributed by atoms with Gasteiger partial charge in [0.25, 0.3) is 5.91 Å². The third kappa shape index (κ3) is 4.92. The smallest absolute Gasteiger partial charge is 0.257 e. The fraction of sp³-hybridized carbons (Fsp3) is 0.0625. The van der Waals surface area contributed by atoms with E-state index in [0.29, 0.717) is 30.8 Å². The Bertz CT molecular complexity index is 903. The van der Waals surface area contributed by atoms with Gasteiger partial charge in [-0.2, -0.15) is 0 Å². The quantitative estimate of drug-likeness (QED) is 0.441. The summed E-state index contributed by atoms with van der Waals surface area (Å²) in [6.45, 7) is 0. The molecule has 1 heterocycles. The summed E-state index contributed by atoms with van der Waals surface area (Å²) >= 11 is 14.7. The number of carbonyl (C=O) groups is 1. The largest absolute Gasteiger partial charge is 0.296 e. The molecule has 4 nitrogen and oxygen atoms in total. The number of hydrogen-bond donors (Lipinski definition) is 1. The van der Waals surface area contributed by atoms with Gasteiger partial charge in [-0.3, -0.25) is 10.1 Å². The number of amides is 1. The van der Waals surface area contributed by atoms with Crippen LogP contribution in [0.5, 0.6) is 0 Å². The molecule has 2 aromatic carbocycles. The van der Waals surface area contributed by atoms with E-state index in [9.17, 15) is 9.18 Å². The van der Waals surface area contributed by atoms with E-state index in [2.05, 4.69) is 15.5 Å². The average Bonchev–Trinajstić information content (AvgIpc) is 3.02. The number of hydrogen-bond acceptors (Lipinski definition) is 5. The van der Waals surface area contributed by atoms with Crippen LogP contribution in [0.2, 0.25) is 10.0 Å². The Kier molecular flexibility index (Phi) is 5.90. The first-order valence-corrected chi connectivity index (χ1v) is 9.54. The van der Waals surface area contributed by atoms with Crippen molar-refractivity contribution in [2.24, 2.45) is 0 Å². The summed E-state index contributed by atoms with van der Waals surface area (Å²) in [5.41, 5.74) is 1.28. The summed E-state index contributed by atoms with van der Waals surface area (Å²) < 4.78 is 13.6. The minimum Gasteiger partial charge on any atom is -0.296 e. The molecule has 0 atom stereocenters. The lowest BCUT2D eigenvalue weighted by Crippen LogP contribution is -2.11. The standard InChI is InChI=1S/C16H10Cl2FN3OS2/c17-11-4-1-10(13(18)7-11)8-24-16-22-21-15(25-16)20-14(23)9-2-5-12(19)6-3-9/h1-7H,8H2,(H,20,21,23). The summed E-state index contributed by atoms with van der Waals surface area (Å²) in [6.07, 6.45) is 0. The number of nitrogens with one attached hydrogen (secondary N) is 1. The molecule has 0 spiro atoms. The summed E-state index contributed by atoms with van der Waals surface area (Å²) in [5.74, 6) is -0.156. The summed E-state index contributed by atoms with van der Waals surface area (Å²) in [7, 11) is 0. The second-order valence-electron chi connectivity index (χ2n) is 4.86. The zero-order chi connectivity index (χ0) is 17.8. The Labute approximate surface area is 161 Å². The van der Waals surface area contributed by atoms with Crippen LogP contribution in [0.4, 0.5) is 9.52 Å². The number of nitrogens with zero attached hydrogens (tertiary/aromatic N) is 2. The van der Waals surface area contributed by atoms with Crippen molar-refractivity contribution in [1.29, 1.82) is 0 Å². The van der Waals surface area contributed by atoms with Crippen molar-refractivity contribution >= 4 is 57.3 Å². The van der Waals surface area contributed by atoms with Gasteiger partial charge in [0.05, 0.1) is 0 Å². The SMILES string of the molecule is O=C(Nc1nnc(SCc2ccc(Cl)cc2Cl)s1)c1ccc(F)cc1. The summed E-state index contributed by atoms with van der Waals surface area (Å²) in [5, 5.41) is 12.2. The minimum atomic E-state index is -0.396. The van der Waals surface area contributed by atoms with E-state index in [1.54, 1.807) is 12.1 Å². The predicted molar refractivity (Wildman–Crippen MR) is 100 cm³/mol. The Balaban J connectivity index is 1.60. The highest BCUT2D eigenvalue weighted by atomic mass is 35.5. The first-order chi connectivity index (χ1) is 12.0. The van der Waals surface area contributed by atoms with E-state index < -0.39 is 5.82 Å². The van der Waals surface area contributed by atoms with Gasteiger partial charge in [0, 0.05) is 21.4 Å². The highest BCUT2D eigenvalue weighted by Gasteiger charge is 2.11. The molecular formula is C16H10Cl2FN3OS2. The van der Waals surface area contributed by atoms with E-state index >= 15 is 0 Å². The van der Waals surface area contributed by atoms with Crippen LogP contribution in [0.15, 0.2) is 46.8 Å². The molecule has 1 N–H and O–H groups in total. The van der Waals surface area contributed by atoms with Crippen LogP contribution in [0.25, 0.3) is 0 Å². The molecule has 1 aromatic heterocycles. The van der Waals surface area contributed by atoms with Crippen molar-refractivity contribution in [3.05, 3.63) is 69.5 Å². The second kappa shape index (κ2) is 8.14. The van der Waals surface area contributed by atoms with Gasteiger partial charge >= 0.3 is 0 Å². The fourth-order valence-electron chi connectivity index (χ4n) is 1.87. The summed E-state index contributed by atoms with van der Waals surface area (Å²) in [6, 6.07) is 10.6.